The first-order valence-corrected chi connectivity index (χ1v) is 5.64. The SMILES string of the molecule is CC(=O)N1CC(C)(C)C2C=CC([N+](=O)[O-])=CC21. The van der Waals surface area contributed by atoms with Gasteiger partial charge in [-0.3, -0.25) is 14.9 Å². The molecule has 2 rings (SSSR count). The number of hydrogen-bond acceptors (Lipinski definition) is 3. The zero-order valence-corrected chi connectivity index (χ0v) is 10.2. The molecule has 5 nitrogen and oxygen atoms in total. The van der Waals surface area contributed by atoms with Crippen molar-refractivity contribution in [2.24, 2.45) is 11.3 Å². The Labute approximate surface area is 99.9 Å². The van der Waals surface area contributed by atoms with E-state index >= 15 is 0 Å². The molecule has 0 N–H and O–H groups in total. The third-order valence-corrected chi connectivity index (χ3v) is 3.64. The van der Waals surface area contributed by atoms with Crippen molar-refractivity contribution in [2.75, 3.05) is 6.54 Å². The van der Waals surface area contributed by atoms with Crippen LogP contribution in [0.5, 0.6) is 0 Å². The molecule has 0 saturated carbocycles. The molecule has 2 aliphatic rings. The van der Waals surface area contributed by atoms with Gasteiger partial charge >= 0.3 is 0 Å². The van der Waals surface area contributed by atoms with Crippen LogP contribution >= 0.6 is 0 Å². The topological polar surface area (TPSA) is 63.5 Å². The van der Waals surface area contributed by atoms with Gasteiger partial charge in [-0.1, -0.05) is 19.9 Å². The number of rotatable bonds is 1. The monoisotopic (exact) mass is 236 g/mol. The number of hydrogen-bond donors (Lipinski definition) is 0. The predicted molar refractivity (Wildman–Crippen MR) is 62.7 cm³/mol. The second kappa shape index (κ2) is 3.68. The molecule has 1 heterocycles. The van der Waals surface area contributed by atoms with Crippen LogP contribution in [0.1, 0.15) is 20.8 Å². The van der Waals surface area contributed by atoms with Crippen LogP contribution in [0.4, 0.5) is 0 Å². The van der Waals surface area contributed by atoms with Crippen LogP contribution < -0.4 is 0 Å². The van der Waals surface area contributed by atoms with Crippen molar-refractivity contribution >= 4 is 5.91 Å². The molecule has 5 heteroatoms. The van der Waals surface area contributed by atoms with Crippen LogP contribution in [0.2, 0.25) is 0 Å². The minimum atomic E-state index is -0.406. The maximum atomic E-state index is 11.6. The molecule has 92 valence electrons. The summed E-state index contributed by atoms with van der Waals surface area (Å²) in [6.07, 6.45) is 5.01. The molecule has 1 fully saturated rings. The number of fused-ring (bicyclic) bond motifs is 1. The summed E-state index contributed by atoms with van der Waals surface area (Å²) in [6.45, 7) is 6.33. The molecule has 2 atom stereocenters. The van der Waals surface area contributed by atoms with Gasteiger partial charge in [-0.15, -0.1) is 0 Å². The highest BCUT2D eigenvalue weighted by Crippen LogP contribution is 2.43. The maximum Gasteiger partial charge on any atom is 0.267 e. The number of carbonyl (C=O) groups excluding carboxylic acids is 1. The normalized spacial score (nSPS) is 29.8. The summed E-state index contributed by atoms with van der Waals surface area (Å²) >= 11 is 0. The highest BCUT2D eigenvalue weighted by atomic mass is 16.6. The van der Waals surface area contributed by atoms with Gasteiger partial charge in [0.2, 0.25) is 5.91 Å². The van der Waals surface area contributed by atoms with Crippen molar-refractivity contribution in [3.63, 3.8) is 0 Å². The lowest BCUT2D eigenvalue weighted by Crippen LogP contribution is -2.36. The summed E-state index contributed by atoms with van der Waals surface area (Å²) in [6, 6.07) is -0.173. The Hall–Kier alpha value is -1.65. The standard InChI is InChI=1S/C12H16N2O3/c1-8(15)13-7-12(2,3)10-5-4-9(14(16)17)6-11(10)13/h4-6,10-11H,7H2,1-3H3. The second-order valence-corrected chi connectivity index (χ2v) is 5.36. The summed E-state index contributed by atoms with van der Waals surface area (Å²) in [4.78, 5) is 23.6. The Balaban J connectivity index is 2.38. The zero-order chi connectivity index (χ0) is 12.8. The van der Waals surface area contributed by atoms with Gasteiger partial charge in [-0.25, -0.2) is 0 Å². The van der Waals surface area contributed by atoms with E-state index in [9.17, 15) is 14.9 Å². The third kappa shape index (κ3) is 1.85. The van der Waals surface area contributed by atoms with E-state index in [0.29, 0.717) is 6.54 Å². The molecule has 0 aromatic heterocycles. The molecule has 0 aromatic carbocycles. The Bertz CT molecular complexity index is 437. The quantitative estimate of drug-likeness (QED) is 0.513. The average molecular weight is 236 g/mol. The van der Waals surface area contributed by atoms with E-state index in [0.717, 1.165) is 0 Å². The van der Waals surface area contributed by atoms with Gasteiger partial charge in [0.15, 0.2) is 0 Å². The lowest BCUT2D eigenvalue weighted by atomic mass is 9.77. The first-order chi connectivity index (χ1) is 7.83. The van der Waals surface area contributed by atoms with Gasteiger partial charge in [0.1, 0.15) is 0 Å². The molecule has 0 radical (unpaired) electrons. The minimum absolute atomic E-state index is 0.0279. The number of nitrogens with zero attached hydrogens (tertiary/aromatic N) is 2. The molecule has 2 unspecified atom stereocenters. The third-order valence-electron chi connectivity index (χ3n) is 3.64. The Morgan fingerprint density at radius 3 is 2.76 bits per heavy atom. The van der Waals surface area contributed by atoms with Crippen molar-refractivity contribution in [3.8, 4) is 0 Å². The Morgan fingerprint density at radius 1 is 1.59 bits per heavy atom. The van der Waals surface area contributed by atoms with Crippen molar-refractivity contribution in [2.45, 2.75) is 26.8 Å². The number of likely N-dealkylation sites (tertiary alicyclic amines) is 1. The second-order valence-electron chi connectivity index (χ2n) is 5.36. The van der Waals surface area contributed by atoms with Crippen LogP contribution in [-0.4, -0.2) is 28.3 Å². The van der Waals surface area contributed by atoms with Crippen molar-refractivity contribution in [1.29, 1.82) is 0 Å². The zero-order valence-electron chi connectivity index (χ0n) is 10.2. The highest BCUT2D eigenvalue weighted by Gasteiger charge is 2.47. The average Bonchev–Trinajstić information content (AvgIpc) is 2.50. The van der Waals surface area contributed by atoms with Crippen LogP contribution in [0.15, 0.2) is 23.9 Å². The van der Waals surface area contributed by atoms with E-state index in [4.69, 9.17) is 0 Å². The fourth-order valence-corrected chi connectivity index (χ4v) is 2.75. The largest absolute Gasteiger partial charge is 0.335 e. The van der Waals surface area contributed by atoms with Gasteiger partial charge in [0.05, 0.1) is 11.0 Å². The molecule has 1 aliphatic heterocycles. The van der Waals surface area contributed by atoms with E-state index < -0.39 is 4.92 Å². The first kappa shape index (κ1) is 11.8. The molecule has 0 spiro atoms. The lowest BCUT2D eigenvalue weighted by molar-refractivity contribution is -0.419. The fourth-order valence-electron chi connectivity index (χ4n) is 2.75. The number of nitro groups is 1. The Kier molecular flexibility index (Phi) is 2.56. The number of allylic oxidation sites excluding steroid dienone is 1. The molecule has 17 heavy (non-hydrogen) atoms. The molecule has 1 aliphatic carbocycles. The Morgan fingerprint density at radius 2 is 2.24 bits per heavy atom. The summed E-state index contributed by atoms with van der Waals surface area (Å²) in [5.41, 5.74) is 0.0426. The molecular formula is C12H16N2O3. The van der Waals surface area contributed by atoms with Crippen molar-refractivity contribution < 1.29 is 9.72 Å². The molecule has 1 amide bonds. The maximum absolute atomic E-state index is 11.6. The molecular weight excluding hydrogens is 220 g/mol. The minimum Gasteiger partial charge on any atom is -0.335 e. The summed E-state index contributed by atoms with van der Waals surface area (Å²) in [5, 5.41) is 10.8. The fraction of sp³-hybridized carbons (Fsp3) is 0.583. The smallest absolute Gasteiger partial charge is 0.267 e. The number of amides is 1. The van der Waals surface area contributed by atoms with E-state index in [1.54, 1.807) is 17.1 Å². The van der Waals surface area contributed by atoms with E-state index in [1.165, 1.54) is 6.92 Å². The molecule has 0 bridgehead atoms. The van der Waals surface area contributed by atoms with Gasteiger partial charge in [0.25, 0.3) is 5.70 Å². The van der Waals surface area contributed by atoms with Gasteiger partial charge in [-0.2, -0.15) is 0 Å². The van der Waals surface area contributed by atoms with E-state index in [-0.39, 0.29) is 29.0 Å². The van der Waals surface area contributed by atoms with Gasteiger partial charge in [-0.05, 0) is 5.41 Å². The van der Waals surface area contributed by atoms with Gasteiger partial charge < -0.3 is 4.90 Å². The lowest BCUT2D eigenvalue weighted by Gasteiger charge is -2.26. The summed E-state index contributed by atoms with van der Waals surface area (Å²) in [7, 11) is 0. The number of carbonyl (C=O) groups is 1. The van der Waals surface area contributed by atoms with Crippen molar-refractivity contribution in [3.05, 3.63) is 34.0 Å². The van der Waals surface area contributed by atoms with Crippen LogP contribution in [-0.2, 0) is 4.79 Å². The van der Waals surface area contributed by atoms with Crippen LogP contribution in [0, 0.1) is 21.4 Å². The predicted octanol–water partition coefficient (Wildman–Crippen LogP) is 1.59. The van der Waals surface area contributed by atoms with Crippen molar-refractivity contribution in [1.82, 2.24) is 4.90 Å². The molecule has 0 aromatic rings. The molecule has 1 saturated heterocycles. The van der Waals surface area contributed by atoms with E-state index in [2.05, 4.69) is 13.8 Å². The van der Waals surface area contributed by atoms with Crippen LogP contribution in [0.3, 0.4) is 0 Å². The summed E-state index contributed by atoms with van der Waals surface area (Å²) < 4.78 is 0. The first-order valence-electron chi connectivity index (χ1n) is 5.64. The highest BCUT2D eigenvalue weighted by molar-refractivity contribution is 5.74. The van der Waals surface area contributed by atoms with E-state index in [1.807, 2.05) is 6.08 Å². The summed E-state index contributed by atoms with van der Waals surface area (Å²) in [5.74, 6) is 0.134. The van der Waals surface area contributed by atoms with Gasteiger partial charge in [0, 0.05) is 31.5 Å². The van der Waals surface area contributed by atoms with Crippen LogP contribution in [0.25, 0.3) is 0 Å².